The number of ether oxygens (including phenoxy) is 2. The van der Waals surface area contributed by atoms with E-state index in [0.29, 0.717) is 33.4 Å². The highest BCUT2D eigenvalue weighted by Gasteiger charge is 2.20. The molecule has 0 aliphatic rings. The summed E-state index contributed by atoms with van der Waals surface area (Å²) in [5, 5.41) is 4.70. The summed E-state index contributed by atoms with van der Waals surface area (Å²) in [7, 11) is 3.13. The van der Waals surface area contributed by atoms with Crippen molar-refractivity contribution in [2.75, 3.05) is 19.5 Å². The Labute approximate surface area is 189 Å². The molecule has 2 aromatic carbocycles. The van der Waals surface area contributed by atoms with Crippen LogP contribution in [0.5, 0.6) is 11.5 Å². The van der Waals surface area contributed by atoms with Crippen LogP contribution in [0.1, 0.15) is 27.0 Å². The van der Waals surface area contributed by atoms with Gasteiger partial charge in [-0.25, -0.2) is 4.98 Å². The van der Waals surface area contributed by atoms with Gasteiger partial charge < -0.3 is 14.8 Å². The third-order valence-electron chi connectivity index (χ3n) is 5.29. The summed E-state index contributed by atoms with van der Waals surface area (Å²) in [6.45, 7) is 5.85. The van der Waals surface area contributed by atoms with Crippen LogP contribution < -0.4 is 20.3 Å². The molecule has 164 valence electrons. The number of aromatic nitrogens is 2. The molecule has 0 saturated carbocycles. The van der Waals surface area contributed by atoms with Crippen molar-refractivity contribution >= 4 is 27.9 Å². The molecule has 1 N–H and O–H groups in total. The van der Waals surface area contributed by atoms with E-state index in [1.807, 2.05) is 38.3 Å². The quantitative estimate of drug-likeness (QED) is 0.481. The topological polar surface area (TPSA) is 81.9 Å². The number of benzene rings is 2. The van der Waals surface area contributed by atoms with E-state index in [-0.39, 0.29) is 5.56 Å². The van der Waals surface area contributed by atoms with E-state index < -0.39 is 11.5 Å². The maximum absolute atomic E-state index is 13.4. The first-order valence-electron chi connectivity index (χ1n) is 9.95. The molecule has 0 saturated heterocycles. The maximum atomic E-state index is 13.4. The normalized spacial score (nSPS) is 10.9. The zero-order valence-electron chi connectivity index (χ0n) is 18.5. The SMILES string of the molecule is COc1ccc(OC)c(-c2csc3ncc(C(=O)Nc4c(C)cc(C)cc4C)c(=O)n23)c1. The van der Waals surface area contributed by atoms with Crippen LogP contribution in [0.4, 0.5) is 5.69 Å². The molecule has 2 heterocycles. The molecular formula is C24H23N3O4S. The fraction of sp³-hybridized carbons (Fsp3) is 0.208. The number of nitrogens with one attached hydrogen (secondary N) is 1. The molecule has 4 aromatic rings. The zero-order valence-corrected chi connectivity index (χ0v) is 19.3. The van der Waals surface area contributed by atoms with Crippen LogP contribution >= 0.6 is 11.3 Å². The highest BCUT2D eigenvalue weighted by atomic mass is 32.1. The lowest BCUT2D eigenvalue weighted by molar-refractivity contribution is 0.102. The minimum Gasteiger partial charge on any atom is -0.497 e. The van der Waals surface area contributed by atoms with Crippen LogP contribution in [0.15, 0.2) is 46.7 Å². The van der Waals surface area contributed by atoms with Crippen molar-refractivity contribution < 1.29 is 14.3 Å². The monoisotopic (exact) mass is 449 g/mol. The molecule has 8 heteroatoms. The van der Waals surface area contributed by atoms with E-state index in [0.717, 1.165) is 16.7 Å². The number of amides is 1. The van der Waals surface area contributed by atoms with Crippen LogP contribution in [0.2, 0.25) is 0 Å². The van der Waals surface area contributed by atoms with E-state index in [2.05, 4.69) is 10.3 Å². The highest BCUT2D eigenvalue weighted by molar-refractivity contribution is 7.15. The molecule has 2 aromatic heterocycles. The maximum Gasteiger partial charge on any atom is 0.271 e. The Morgan fingerprint density at radius 1 is 1.06 bits per heavy atom. The third kappa shape index (κ3) is 3.73. The molecule has 0 radical (unpaired) electrons. The average molecular weight is 450 g/mol. The molecule has 0 spiro atoms. The molecular weight excluding hydrogens is 426 g/mol. The molecule has 0 aliphatic carbocycles. The Bertz CT molecular complexity index is 1380. The van der Waals surface area contributed by atoms with Gasteiger partial charge in [0.05, 0.1) is 19.9 Å². The zero-order chi connectivity index (χ0) is 23.0. The summed E-state index contributed by atoms with van der Waals surface area (Å²) in [4.78, 5) is 31.3. The Morgan fingerprint density at radius 3 is 2.44 bits per heavy atom. The first-order chi connectivity index (χ1) is 15.3. The molecule has 0 aliphatic heterocycles. The molecule has 0 unspecified atom stereocenters. The first kappa shape index (κ1) is 21.6. The Morgan fingerprint density at radius 2 is 1.78 bits per heavy atom. The van der Waals surface area contributed by atoms with Crippen LogP contribution in [-0.4, -0.2) is 29.5 Å². The van der Waals surface area contributed by atoms with Crippen molar-refractivity contribution in [3.8, 4) is 22.8 Å². The number of anilines is 1. The van der Waals surface area contributed by atoms with Crippen LogP contribution in [0.25, 0.3) is 16.2 Å². The lowest BCUT2D eigenvalue weighted by atomic mass is 10.0. The van der Waals surface area contributed by atoms with Gasteiger partial charge in [-0.3, -0.25) is 14.0 Å². The number of aryl methyl sites for hydroxylation is 3. The molecule has 4 rings (SSSR count). The number of methoxy groups -OCH3 is 2. The second kappa shape index (κ2) is 8.47. The molecule has 32 heavy (non-hydrogen) atoms. The van der Waals surface area contributed by atoms with Crippen molar-refractivity contribution in [2.45, 2.75) is 20.8 Å². The van der Waals surface area contributed by atoms with Gasteiger partial charge >= 0.3 is 0 Å². The third-order valence-corrected chi connectivity index (χ3v) is 6.13. The number of thiazole rings is 1. The van der Waals surface area contributed by atoms with Gasteiger partial charge in [0.2, 0.25) is 0 Å². The van der Waals surface area contributed by atoms with Gasteiger partial charge in [-0.05, 0) is 50.1 Å². The van der Waals surface area contributed by atoms with E-state index >= 15 is 0 Å². The van der Waals surface area contributed by atoms with E-state index in [4.69, 9.17) is 9.47 Å². The van der Waals surface area contributed by atoms with Crippen molar-refractivity contribution in [3.63, 3.8) is 0 Å². The Kier molecular flexibility index (Phi) is 5.71. The van der Waals surface area contributed by atoms with Gasteiger partial charge in [-0.2, -0.15) is 0 Å². The number of nitrogens with zero attached hydrogens (tertiary/aromatic N) is 2. The average Bonchev–Trinajstić information content (AvgIpc) is 3.20. The second-order valence-corrected chi connectivity index (χ2v) is 8.35. The number of carbonyl (C=O) groups is 1. The molecule has 1 amide bonds. The lowest BCUT2D eigenvalue weighted by Gasteiger charge is -2.13. The molecule has 0 bridgehead atoms. The van der Waals surface area contributed by atoms with Gasteiger partial charge in [-0.1, -0.05) is 17.7 Å². The minimum absolute atomic E-state index is 0.0385. The first-order valence-corrected chi connectivity index (χ1v) is 10.8. The number of carbonyl (C=O) groups excluding carboxylic acids is 1. The predicted molar refractivity (Wildman–Crippen MR) is 126 cm³/mol. The van der Waals surface area contributed by atoms with Crippen molar-refractivity contribution in [1.29, 1.82) is 0 Å². The molecule has 7 nitrogen and oxygen atoms in total. The molecule has 0 atom stereocenters. The fourth-order valence-electron chi connectivity index (χ4n) is 3.81. The van der Waals surface area contributed by atoms with Gasteiger partial charge in [-0.15, -0.1) is 11.3 Å². The van der Waals surface area contributed by atoms with Crippen LogP contribution in [0, 0.1) is 20.8 Å². The van der Waals surface area contributed by atoms with E-state index in [1.54, 1.807) is 32.4 Å². The van der Waals surface area contributed by atoms with Crippen LogP contribution in [0.3, 0.4) is 0 Å². The number of fused-ring (bicyclic) bond motifs is 1. The van der Waals surface area contributed by atoms with Crippen molar-refractivity contribution in [1.82, 2.24) is 9.38 Å². The largest absolute Gasteiger partial charge is 0.497 e. The standard InChI is InChI=1S/C24H23N3O4S/c1-13-8-14(2)21(15(3)9-13)26-22(28)18-11-25-24-27(23(18)29)19(12-32-24)17-10-16(30-4)6-7-20(17)31-5/h6-12H,1-5H3,(H,26,28). The van der Waals surface area contributed by atoms with Crippen LogP contribution in [-0.2, 0) is 0 Å². The minimum atomic E-state index is -0.498. The number of hydrogen-bond acceptors (Lipinski definition) is 6. The predicted octanol–water partition coefficient (Wildman–Crippen LogP) is 4.62. The fourth-order valence-corrected chi connectivity index (χ4v) is 4.66. The van der Waals surface area contributed by atoms with Gasteiger partial charge in [0.25, 0.3) is 11.5 Å². The Hall–Kier alpha value is -3.65. The molecule has 0 fully saturated rings. The van der Waals surface area contributed by atoms with Crippen molar-refractivity contribution in [3.05, 3.63) is 74.5 Å². The summed E-state index contributed by atoms with van der Waals surface area (Å²) in [6, 6.07) is 9.32. The summed E-state index contributed by atoms with van der Waals surface area (Å²) in [5.41, 5.74) is 4.44. The second-order valence-electron chi connectivity index (χ2n) is 7.51. The van der Waals surface area contributed by atoms with Crippen molar-refractivity contribution in [2.24, 2.45) is 0 Å². The summed E-state index contributed by atoms with van der Waals surface area (Å²) in [5.74, 6) is 0.709. The summed E-state index contributed by atoms with van der Waals surface area (Å²) >= 11 is 1.31. The van der Waals surface area contributed by atoms with Gasteiger partial charge in [0.1, 0.15) is 17.1 Å². The Balaban J connectivity index is 1.83. The van der Waals surface area contributed by atoms with Gasteiger partial charge in [0, 0.05) is 22.8 Å². The number of rotatable bonds is 5. The van der Waals surface area contributed by atoms with E-state index in [1.165, 1.54) is 21.9 Å². The highest BCUT2D eigenvalue weighted by Crippen LogP contribution is 2.35. The smallest absolute Gasteiger partial charge is 0.271 e. The number of hydrogen-bond donors (Lipinski definition) is 1. The summed E-state index contributed by atoms with van der Waals surface area (Å²) < 4.78 is 12.3. The lowest BCUT2D eigenvalue weighted by Crippen LogP contribution is -2.27. The van der Waals surface area contributed by atoms with Gasteiger partial charge in [0.15, 0.2) is 4.96 Å². The summed E-state index contributed by atoms with van der Waals surface area (Å²) in [6.07, 6.45) is 1.33. The van der Waals surface area contributed by atoms with E-state index in [9.17, 15) is 9.59 Å².